The summed E-state index contributed by atoms with van der Waals surface area (Å²) in [5.74, 6) is -2.79. The van der Waals surface area contributed by atoms with Gasteiger partial charge >= 0.3 is 12.1 Å². The Morgan fingerprint density at radius 3 is 2.56 bits per heavy atom. The molecule has 9 heteroatoms. The van der Waals surface area contributed by atoms with Gasteiger partial charge in [-0.15, -0.1) is 0 Å². The number of carbonyl (C=O) groups is 1. The summed E-state index contributed by atoms with van der Waals surface area (Å²) in [6.45, 7) is 0.699. The summed E-state index contributed by atoms with van der Waals surface area (Å²) >= 11 is 5.89. The second kappa shape index (κ2) is 7.72. The number of hydrogen-bond donors (Lipinski definition) is 1. The summed E-state index contributed by atoms with van der Waals surface area (Å²) < 4.78 is 51.5. The first-order valence-electron chi connectivity index (χ1n) is 8.23. The maximum atomic E-state index is 13.2. The van der Waals surface area contributed by atoms with Crippen molar-refractivity contribution >= 4 is 23.2 Å². The Bertz CT molecular complexity index is 813. The molecule has 2 aromatic rings. The van der Waals surface area contributed by atoms with Crippen molar-refractivity contribution in [1.82, 2.24) is 10.3 Å². The first-order valence-corrected chi connectivity index (χ1v) is 8.61. The standard InChI is InChI=1S/C18H16ClF4N3O/c19-16-9-13(5-7-24-16)26-8-6-14(11-1-3-12(20)4-2-11)15(10-26)25-17(27)18(21,22)23/h1-5,7,9,14-15H,6,8,10H2,(H,25,27). The molecule has 2 unspecified atom stereocenters. The first-order chi connectivity index (χ1) is 12.7. The van der Waals surface area contributed by atoms with E-state index in [9.17, 15) is 22.4 Å². The lowest BCUT2D eigenvalue weighted by molar-refractivity contribution is -0.174. The van der Waals surface area contributed by atoms with Crippen LogP contribution in [0.2, 0.25) is 5.15 Å². The fourth-order valence-corrected chi connectivity index (χ4v) is 3.45. The van der Waals surface area contributed by atoms with E-state index in [1.807, 2.05) is 4.90 Å². The zero-order valence-corrected chi connectivity index (χ0v) is 14.8. The fraction of sp³-hybridized carbons (Fsp3) is 0.333. The van der Waals surface area contributed by atoms with Crippen molar-refractivity contribution in [3.05, 3.63) is 59.1 Å². The zero-order chi connectivity index (χ0) is 19.6. The van der Waals surface area contributed by atoms with Crippen LogP contribution in [0.1, 0.15) is 17.9 Å². The third-order valence-corrected chi connectivity index (χ3v) is 4.77. The zero-order valence-electron chi connectivity index (χ0n) is 14.0. The van der Waals surface area contributed by atoms with E-state index in [4.69, 9.17) is 11.6 Å². The number of hydrogen-bond acceptors (Lipinski definition) is 3. The number of alkyl halides is 3. The van der Waals surface area contributed by atoms with Gasteiger partial charge < -0.3 is 10.2 Å². The Balaban J connectivity index is 1.85. The van der Waals surface area contributed by atoms with Crippen LogP contribution in [0, 0.1) is 5.82 Å². The molecule has 144 valence electrons. The van der Waals surface area contributed by atoms with E-state index in [0.717, 1.165) is 0 Å². The van der Waals surface area contributed by atoms with Crippen LogP contribution in [0.3, 0.4) is 0 Å². The van der Waals surface area contributed by atoms with Crippen LogP contribution >= 0.6 is 11.6 Å². The highest BCUT2D eigenvalue weighted by atomic mass is 35.5. The monoisotopic (exact) mass is 401 g/mol. The molecule has 1 aromatic heterocycles. The predicted octanol–water partition coefficient (Wildman–Crippen LogP) is 3.92. The topological polar surface area (TPSA) is 45.2 Å². The van der Waals surface area contributed by atoms with Crippen LogP contribution in [-0.4, -0.2) is 36.2 Å². The molecular formula is C18H16ClF4N3O. The predicted molar refractivity (Wildman–Crippen MR) is 93.2 cm³/mol. The SMILES string of the molecule is O=C(NC1CN(c2ccnc(Cl)c2)CCC1c1ccc(F)cc1)C(F)(F)F. The lowest BCUT2D eigenvalue weighted by atomic mass is 9.85. The minimum atomic E-state index is -4.98. The molecule has 1 saturated heterocycles. The van der Waals surface area contributed by atoms with Crippen molar-refractivity contribution in [2.75, 3.05) is 18.0 Å². The molecule has 0 aliphatic carbocycles. The number of amides is 1. The molecule has 1 N–H and O–H groups in total. The number of carbonyl (C=O) groups excluding carboxylic acids is 1. The number of rotatable bonds is 3. The van der Waals surface area contributed by atoms with Crippen LogP contribution in [-0.2, 0) is 4.79 Å². The third-order valence-electron chi connectivity index (χ3n) is 4.56. The number of nitrogens with one attached hydrogen (secondary N) is 1. The minimum Gasteiger partial charge on any atom is -0.369 e. The van der Waals surface area contributed by atoms with Gasteiger partial charge in [0.15, 0.2) is 0 Å². The summed E-state index contributed by atoms with van der Waals surface area (Å²) in [4.78, 5) is 17.2. The highest BCUT2D eigenvalue weighted by Gasteiger charge is 2.42. The van der Waals surface area contributed by atoms with Crippen LogP contribution in [0.4, 0.5) is 23.2 Å². The minimum absolute atomic E-state index is 0.157. The van der Waals surface area contributed by atoms with E-state index >= 15 is 0 Å². The normalized spacial score (nSPS) is 20.4. The van der Waals surface area contributed by atoms with E-state index in [1.165, 1.54) is 30.5 Å². The van der Waals surface area contributed by atoms with E-state index in [-0.39, 0.29) is 17.6 Å². The fourth-order valence-electron chi connectivity index (χ4n) is 3.28. The molecule has 1 amide bonds. The summed E-state index contributed by atoms with van der Waals surface area (Å²) in [7, 11) is 0. The Morgan fingerprint density at radius 2 is 1.93 bits per heavy atom. The summed E-state index contributed by atoms with van der Waals surface area (Å²) in [6.07, 6.45) is -2.99. The second-order valence-corrected chi connectivity index (χ2v) is 6.69. The molecule has 2 atom stereocenters. The van der Waals surface area contributed by atoms with Crippen molar-refractivity contribution in [1.29, 1.82) is 0 Å². The smallest absolute Gasteiger partial charge is 0.369 e. The Labute approximate surface area is 158 Å². The molecule has 1 aromatic carbocycles. The molecule has 1 aliphatic heterocycles. The van der Waals surface area contributed by atoms with Crippen LogP contribution < -0.4 is 10.2 Å². The molecule has 3 rings (SSSR count). The Morgan fingerprint density at radius 1 is 1.22 bits per heavy atom. The summed E-state index contributed by atoms with van der Waals surface area (Å²) in [5, 5.41) is 2.36. The molecular weight excluding hydrogens is 386 g/mol. The number of anilines is 1. The number of aromatic nitrogens is 1. The molecule has 27 heavy (non-hydrogen) atoms. The van der Waals surface area contributed by atoms with Gasteiger partial charge in [-0.2, -0.15) is 13.2 Å². The highest BCUT2D eigenvalue weighted by molar-refractivity contribution is 6.29. The van der Waals surface area contributed by atoms with E-state index in [2.05, 4.69) is 10.3 Å². The van der Waals surface area contributed by atoms with Crippen LogP contribution in [0.25, 0.3) is 0 Å². The van der Waals surface area contributed by atoms with Crippen molar-refractivity contribution in [2.45, 2.75) is 24.6 Å². The van der Waals surface area contributed by atoms with Gasteiger partial charge in [-0.25, -0.2) is 9.37 Å². The van der Waals surface area contributed by atoms with Gasteiger partial charge in [0.05, 0.1) is 6.04 Å². The van der Waals surface area contributed by atoms with Crippen LogP contribution in [0.15, 0.2) is 42.6 Å². The lowest BCUT2D eigenvalue weighted by Gasteiger charge is -2.40. The molecule has 0 spiro atoms. The molecule has 0 saturated carbocycles. The Hall–Kier alpha value is -2.35. The lowest BCUT2D eigenvalue weighted by Crippen LogP contribution is -2.54. The van der Waals surface area contributed by atoms with Crippen molar-refractivity contribution in [2.24, 2.45) is 0 Å². The van der Waals surface area contributed by atoms with Gasteiger partial charge in [-0.1, -0.05) is 23.7 Å². The molecule has 1 aliphatic rings. The molecule has 4 nitrogen and oxygen atoms in total. The van der Waals surface area contributed by atoms with E-state index in [1.54, 1.807) is 12.1 Å². The van der Waals surface area contributed by atoms with E-state index in [0.29, 0.717) is 24.2 Å². The van der Waals surface area contributed by atoms with Gasteiger partial charge in [0, 0.05) is 30.9 Å². The number of halogens is 5. The third kappa shape index (κ3) is 4.68. The van der Waals surface area contributed by atoms with Crippen molar-refractivity contribution < 1.29 is 22.4 Å². The average molecular weight is 402 g/mol. The summed E-state index contributed by atoms with van der Waals surface area (Å²) in [6, 6.07) is 8.09. The number of pyridine rings is 1. The van der Waals surface area contributed by atoms with Gasteiger partial charge in [0.2, 0.25) is 0 Å². The van der Waals surface area contributed by atoms with Gasteiger partial charge in [0.1, 0.15) is 11.0 Å². The molecule has 0 radical (unpaired) electrons. The average Bonchev–Trinajstić information content (AvgIpc) is 2.62. The quantitative estimate of drug-likeness (QED) is 0.626. The summed E-state index contributed by atoms with van der Waals surface area (Å²) in [5.41, 5.74) is 1.38. The second-order valence-electron chi connectivity index (χ2n) is 6.31. The maximum Gasteiger partial charge on any atom is 0.471 e. The number of benzene rings is 1. The largest absolute Gasteiger partial charge is 0.471 e. The van der Waals surface area contributed by atoms with Crippen molar-refractivity contribution in [3.8, 4) is 0 Å². The first kappa shape index (κ1) is 19.4. The maximum absolute atomic E-state index is 13.2. The van der Waals surface area contributed by atoms with Gasteiger partial charge in [-0.3, -0.25) is 4.79 Å². The molecule has 1 fully saturated rings. The molecule has 2 heterocycles. The van der Waals surface area contributed by atoms with Crippen LogP contribution in [0.5, 0.6) is 0 Å². The number of nitrogens with zero attached hydrogens (tertiary/aromatic N) is 2. The highest BCUT2D eigenvalue weighted by Crippen LogP contribution is 2.32. The van der Waals surface area contributed by atoms with Crippen molar-refractivity contribution in [3.63, 3.8) is 0 Å². The van der Waals surface area contributed by atoms with E-state index < -0.39 is 23.9 Å². The number of piperidine rings is 1. The van der Waals surface area contributed by atoms with Gasteiger partial charge in [-0.05, 0) is 36.2 Å². The Kier molecular flexibility index (Phi) is 5.55. The van der Waals surface area contributed by atoms with Gasteiger partial charge in [0.25, 0.3) is 0 Å². The molecule has 0 bridgehead atoms.